The molecular formula is C18H18F3N3O3. The van der Waals surface area contributed by atoms with Crippen molar-refractivity contribution < 1.29 is 27.4 Å². The van der Waals surface area contributed by atoms with Gasteiger partial charge in [-0.1, -0.05) is 18.2 Å². The molecule has 6 nitrogen and oxygen atoms in total. The molecule has 1 aromatic heterocycles. The summed E-state index contributed by atoms with van der Waals surface area (Å²) in [6, 6.07) is 10.2. The van der Waals surface area contributed by atoms with E-state index < -0.39 is 18.8 Å². The van der Waals surface area contributed by atoms with Crippen molar-refractivity contribution >= 4 is 6.03 Å². The summed E-state index contributed by atoms with van der Waals surface area (Å²) in [6.45, 7) is -0.944. The van der Waals surface area contributed by atoms with Crippen molar-refractivity contribution in [3.05, 3.63) is 53.7 Å². The third-order valence-corrected chi connectivity index (χ3v) is 3.84. The Morgan fingerprint density at radius 2 is 2.07 bits per heavy atom. The molecule has 0 aliphatic carbocycles. The minimum Gasteiger partial charge on any atom is -0.488 e. The van der Waals surface area contributed by atoms with E-state index in [9.17, 15) is 18.0 Å². The van der Waals surface area contributed by atoms with Crippen LogP contribution in [-0.4, -0.2) is 36.4 Å². The molecule has 2 N–H and O–H groups in total. The number of para-hydroxylation sites is 1. The predicted octanol–water partition coefficient (Wildman–Crippen LogP) is 2.83. The van der Waals surface area contributed by atoms with E-state index in [0.717, 1.165) is 17.7 Å². The summed E-state index contributed by atoms with van der Waals surface area (Å²) in [5, 5.41) is 5.35. The molecule has 2 aromatic rings. The van der Waals surface area contributed by atoms with Crippen LogP contribution < -0.4 is 20.1 Å². The van der Waals surface area contributed by atoms with Gasteiger partial charge in [0, 0.05) is 25.2 Å². The molecule has 2 amide bonds. The highest BCUT2D eigenvalue weighted by atomic mass is 19.4. The minimum absolute atomic E-state index is 0.127. The second-order valence-corrected chi connectivity index (χ2v) is 6.02. The van der Waals surface area contributed by atoms with E-state index in [2.05, 4.69) is 20.4 Å². The molecule has 1 aliphatic heterocycles. The van der Waals surface area contributed by atoms with Crippen LogP contribution in [-0.2, 0) is 13.0 Å². The van der Waals surface area contributed by atoms with Crippen LogP contribution in [0.1, 0.15) is 11.1 Å². The van der Waals surface area contributed by atoms with Gasteiger partial charge in [0.2, 0.25) is 5.88 Å². The van der Waals surface area contributed by atoms with Crippen molar-refractivity contribution in [1.82, 2.24) is 15.6 Å². The molecule has 0 spiro atoms. The molecule has 0 radical (unpaired) electrons. The Morgan fingerprint density at radius 1 is 1.26 bits per heavy atom. The second kappa shape index (κ2) is 8.15. The fourth-order valence-corrected chi connectivity index (χ4v) is 2.61. The maximum atomic E-state index is 12.2. The van der Waals surface area contributed by atoms with Crippen molar-refractivity contribution in [3.63, 3.8) is 0 Å². The highest BCUT2D eigenvalue weighted by Gasteiger charge is 2.28. The Kier molecular flexibility index (Phi) is 5.68. The maximum absolute atomic E-state index is 12.2. The van der Waals surface area contributed by atoms with E-state index >= 15 is 0 Å². The number of carbonyl (C=O) groups excluding carboxylic acids is 1. The average molecular weight is 381 g/mol. The van der Waals surface area contributed by atoms with Crippen LogP contribution in [0, 0.1) is 0 Å². The molecule has 2 heterocycles. The first-order valence-corrected chi connectivity index (χ1v) is 8.30. The van der Waals surface area contributed by atoms with Gasteiger partial charge in [0.15, 0.2) is 6.61 Å². The summed E-state index contributed by atoms with van der Waals surface area (Å²) in [5.74, 6) is 0.678. The predicted molar refractivity (Wildman–Crippen MR) is 90.6 cm³/mol. The van der Waals surface area contributed by atoms with Gasteiger partial charge >= 0.3 is 12.2 Å². The number of alkyl halides is 3. The third kappa shape index (κ3) is 5.77. The molecule has 0 saturated carbocycles. The molecule has 27 heavy (non-hydrogen) atoms. The van der Waals surface area contributed by atoms with Crippen LogP contribution in [0.2, 0.25) is 0 Å². The number of ether oxygens (including phenoxy) is 2. The number of carbonyl (C=O) groups is 1. The van der Waals surface area contributed by atoms with Gasteiger partial charge in [-0.3, -0.25) is 0 Å². The Bertz CT molecular complexity index is 774. The first-order valence-electron chi connectivity index (χ1n) is 8.30. The summed E-state index contributed by atoms with van der Waals surface area (Å²) in [5.41, 5.74) is 1.68. The molecule has 1 unspecified atom stereocenters. The van der Waals surface area contributed by atoms with E-state index in [0.29, 0.717) is 12.1 Å². The smallest absolute Gasteiger partial charge is 0.422 e. The molecule has 144 valence electrons. The number of halogens is 3. The standard InChI is InChI=1S/C18H18F3N3O3/c19-18(20,21)11-26-16-7-12(5-6-22-16)9-23-17(25)24-10-14-8-13-3-1-2-4-15(13)27-14/h1-7,14H,8-11H2,(H2,23,24,25). The number of nitrogens with one attached hydrogen (secondary N) is 2. The molecule has 9 heteroatoms. The quantitative estimate of drug-likeness (QED) is 0.807. The number of aromatic nitrogens is 1. The summed E-state index contributed by atoms with van der Waals surface area (Å²) in [6.07, 6.45) is -2.51. The zero-order valence-corrected chi connectivity index (χ0v) is 14.3. The van der Waals surface area contributed by atoms with Crippen LogP contribution in [0.3, 0.4) is 0 Å². The Morgan fingerprint density at radius 3 is 2.85 bits per heavy atom. The highest BCUT2D eigenvalue weighted by molar-refractivity contribution is 5.73. The van der Waals surface area contributed by atoms with Gasteiger partial charge in [-0.05, 0) is 23.3 Å². The first kappa shape index (κ1) is 18.8. The van der Waals surface area contributed by atoms with Crippen molar-refractivity contribution in [2.75, 3.05) is 13.2 Å². The summed E-state index contributed by atoms with van der Waals surface area (Å²) < 4.78 is 46.8. The van der Waals surface area contributed by atoms with E-state index in [-0.39, 0.29) is 18.5 Å². The minimum atomic E-state index is -4.43. The number of nitrogens with zero attached hydrogens (tertiary/aromatic N) is 1. The highest BCUT2D eigenvalue weighted by Crippen LogP contribution is 2.27. The number of amides is 2. The first-order chi connectivity index (χ1) is 12.9. The number of pyridine rings is 1. The summed E-state index contributed by atoms with van der Waals surface area (Å²) in [4.78, 5) is 15.6. The average Bonchev–Trinajstić information content (AvgIpc) is 3.06. The number of fused-ring (bicyclic) bond motifs is 1. The van der Waals surface area contributed by atoms with Crippen LogP contribution in [0.25, 0.3) is 0 Å². The number of hydrogen-bond donors (Lipinski definition) is 2. The number of rotatable bonds is 6. The lowest BCUT2D eigenvalue weighted by Crippen LogP contribution is -2.40. The third-order valence-electron chi connectivity index (χ3n) is 3.84. The van der Waals surface area contributed by atoms with E-state index in [1.165, 1.54) is 12.3 Å². The van der Waals surface area contributed by atoms with E-state index in [4.69, 9.17) is 4.74 Å². The van der Waals surface area contributed by atoms with Gasteiger partial charge in [-0.25, -0.2) is 9.78 Å². The van der Waals surface area contributed by atoms with Crippen LogP contribution in [0.5, 0.6) is 11.6 Å². The maximum Gasteiger partial charge on any atom is 0.422 e. The SMILES string of the molecule is O=C(NCc1ccnc(OCC(F)(F)F)c1)NCC1Cc2ccccc2O1. The summed E-state index contributed by atoms with van der Waals surface area (Å²) in [7, 11) is 0. The topological polar surface area (TPSA) is 72.5 Å². The zero-order chi connectivity index (χ0) is 19.3. The molecule has 1 aromatic carbocycles. The van der Waals surface area contributed by atoms with Crippen molar-refractivity contribution in [1.29, 1.82) is 0 Å². The second-order valence-electron chi connectivity index (χ2n) is 6.02. The molecule has 1 aliphatic rings. The lowest BCUT2D eigenvalue weighted by molar-refractivity contribution is -0.154. The van der Waals surface area contributed by atoms with Gasteiger partial charge in [0.25, 0.3) is 0 Å². The Hall–Kier alpha value is -2.97. The molecule has 0 fully saturated rings. The van der Waals surface area contributed by atoms with Crippen LogP contribution in [0.15, 0.2) is 42.6 Å². The lowest BCUT2D eigenvalue weighted by atomic mass is 10.1. The lowest BCUT2D eigenvalue weighted by Gasteiger charge is -2.13. The monoisotopic (exact) mass is 381 g/mol. The van der Waals surface area contributed by atoms with E-state index in [1.54, 1.807) is 6.07 Å². The van der Waals surface area contributed by atoms with Crippen LogP contribution >= 0.6 is 0 Å². The van der Waals surface area contributed by atoms with E-state index in [1.807, 2.05) is 24.3 Å². The Labute approximate surface area is 153 Å². The molecular weight excluding hydrogens is 363 g/mol. The summed E-state index contributed by atoms with van der Waals surface area (Å²) >= 11 is 0. The fourth-order valence-electron chi connectivity index (χ4n) is 2.61. The number of urea groups is 1. The van der Waals surface area contributed by atoms with Crippen molar-refractivity contribution in [2.24, 2.45) is 0 Å². The van der Waals surface area contributed by atoms with Crippen LogP contribution in [0.4, 0.5) is 18.0 Å². The molecule has 0 saturated heterocycles. The molecule has 0 bridgehead atoms. The largest absolute Gasteiger partial charge is 0.488 e. The van der Waals surface area contributed by atoms with Crippen molar-refractivity contribution in [2.45, 2.75) is 25.2 Å². The molecule has 1 atom stereocenters. The van der Waals surface area contributed by atoms with Gasteiger partial charge in [-0.15, -0.1) is 0 Å². The Balaban J connectivity index is 1.41. The normalized spacial score (nSPS) is 15.6. The van der Waals surface area contributed by atoms with Gasteiger partial charge in [0.05, 0.1) is 6.54 Å². The van der Waals surface area contributed by atoms with Gasteiger partial charge in [-0.2, -0.15) is 13.2 Å². The van der Waals surface area contributed by atoms with Gasteiger partial charge in [0.1, 0.15) is 11.9 Å². The fraction of sp³-hybridized carbons (Fsp3) is 0.333. The molecule has 3 rings (SSSR count). The van der Waals surface area contributed by atoms with Gasteiger partial charge < -0.3 is 20.1 Å². The van der Waals surface area contributed by atoms with Crippen molar-refractivity contribution in [3.8, 4) is 11.6 Å². The number of hydrogen-bond acceptors (Lipinski definition) is 4. The zero-order valence-electron chi connectivity index (χ0n) is 14.3. The number of benzene rings is 1.